The van der Waals surface area contributed by atoms with Crippen molar-refractivity contribution in [3.05, 3.63) is 30.1 Å². The predicted octanol–water partition coefficient (Wildman–Crippen LogP) is 2.07. The smallest absolute Gasteiger partial charge is 0.0366 e. The van der Waals surface area contributed by atoms with Gasteiger partial charge in [-0.1, -0.05) is 19.9 Å². The number of hydrogen-bond donors (Lipinski definition) is 1. The third-order valence-electron chi connectivity index (χ3n) is 3.36. The number of rotatable bonds is 4. The zero-order valence-electron chi connectivity index (χ0n) is 10.9. The lowest BCUT2D eigenvalue weighted by atomic mass is 9.96. The van der Waals surface area contributed by atoms with Crippen LogP contribution in [0.2, 0.25) is 0 Å². The SMILES string of the molecule is CC(C)C[C@@H](c1cccnc1)N1CCNCC1. The Labute approximate surface area is 104 Å². The summed E-state index contributed by atoms with van der Waals surface area (Å²) in [7, 11) is 0. The van der Waals surface area contributed by atoms with Gasteiger partial charge in [-0.05, 0) is 24.0 Å². The first-order chi connectivity index (χ1) is 8.27. The van der Waals surface area contributed by atoms with Crippen LogP contribution in [0.4, 0.5) is 0 Å². The van der Waals surface area contributed by atoms with Gasteiger partial charge >= 0.3 is 0 Å². The number of aromatic nitrogens is 1. The Bertz CT molecular complexity index is 317. The van der Waals surface area contributed by atoms with Crippen LogP contribution in [-0.2, 0) is 0 Å². The first kappa shape index (κ1) is 12.5. The molecule has 0 amide bonds. The van der Waals surface area contributed by atoms with Crippen molar-refractivity contribution in [2.45, 2.75) is 26.3 Å². The molecule has 1 aliphatic rings. The van der Waals surface area contributed by atoms with E-state index in [0.717, 1.165) is 32.1 Å². The van der Waals surface area contributed by atoms with Crippen molar-refractivity contribution in [2.24, 2.45) is 5.92 Å². The second-order valence-corrected chi connectivity index (χ2v) is 5.22. The minimum Gasteiger partial charge on any atom is -0.314 e. The average Bonchev–Trinajstić information content (AvgIpc) is 2.38. The Kier molecular flexibility index (Phi) is 4.51. The maximum atomic E-state index is 4.27. The molecule has 0 aromatic carbocycles. The quantitative estimate of drug-likeness (QED) is 0.863. The minimum absolute atomic E-state index is 0.533. The molecule has 0 spiro atoms. The molecule has 2 heterocycles. The molecule has 1 saturated heterocycles. The van der Waals surface area contributed by atoms with Gasteiger partial charge in [0.15, 0.2) is 0 Å². The normalized spacial score (nSPS) is 19.5. The molecule has 1 N–H and O–H groups in total. The van der Waals surface area contributed by atoms with Crippen molar-refractivity contribution in [3.63, 3.8) is 0 Å². The van der Waals surface area contributed by atoms with E-state index in [-0.39, 0.29) is 0 Å². The highest BCUT2D eigenvalue weighted by Crippen LogP contribution is 2.27. The highest BCUT2D eigenvalue weighted by molar-refractivity contribution is 5.14. The lowest BCUT2D eigenvalue weighted by molar-refractivity contribution is 0.154. The molecule has 0 saturated carbocycles. The second kappa shape index (κ2) is 6.12. The summed E-state index contributed by atoms with van der Waals surface area (Å²) in [4.78, 5) is 6.86. The van der Waals surface area contributed by atoms with Crippen molar-refractivity contribution < 1.29 is 0 Å². The molecular weight excluding hydrogens is 210 g/mol. The molecule has 94 valence electrons. The Morgan fingerprint density at radius 3 is 2.71 bits per heavy atom. The number of hydrogen-bond acceptors (Lipinski definition) is 3. The van der Waals surface area contributed by atoms with Crippen molar-refractivity contribution in [1.82, 2.24) is 15.2 Å². The van der Waals surface area contributed by atoms with Gasteiger partial charge in [-0.2, -0.15) is 0 Å². The lowest BCUT2D eigenvalue weighted by Crippen LogP contribution is -2.45. The van der Waals surface area contributed by atoms with Crippen LogP contribution in [-0.4, -0.2) is 36.1 Å². The van der Waals surface area contributed by atoms with Gasteiger partial charge in [0.2, 0.25) is 0 Å². The van der Waals surface area contributed by atoms with Gasteiger partial charge in [-0.25, -0.2) is 0 Å². The van der Waals surface area contributed by atoms with E-state index in [1.807, 2.05) is 18.5 Å². The second-order valence-electron chi connectivity index (χ2n) is 5.22. The first-order valence-electron chi connectivity index (χ1n) is 6.62. The highest BCUT2D eigenvalue weighted by Gasteiger charge is 2.22. The monoisotopic (exact) mass is 233 g/mol. The van der Waals surface area contributed by atoms with Crippen LogP contribution in [0.25, 0.3) is 0 Å². The molecule has 0 radical (unpaired) electrons. The topological polar surface area (TPSA) is 28.2 Å². The zero-order valence-corrected chi connectivity index (χ0v) is 10.9. The van der Waals surface area contributed by atoms with Crippen LogP contribution < -0.4 is 5.32 Å². The summed E-state index contributed by atoms with van der Waals surface area (Å²) < 4.78 is 0. The summed E-state index contributed by atoms with van der Waals surface area (Å²) >= 11 is 0. The predicted molar refractivity (Wildman–Crippen MR) is 70.9 cm³/mol. The molecule has 3 nitrogen and oxygen atoms in total. The van der Waals surface area contributed by atoms with Gasteiger partial charge in [0, 0.05) is 44.6 Å². The number of nitrogens with zero attached hydrogens (tertiary/aromatic N) is 2. The van der Waals surface area contributed by atoms with Crippen molar-refractivity contribution in [1.29, 1.82) is 0 Å². The minimum atomic E-state index is 0.533. The third kappa shape index (κ3) is 3.51. The van der Waals surface area contributed by atoms with E-state index < -0.39 is 0 Å². The Balaban J connectivity index is 2.12. The lowest BCUT2D eigenvalue weighted by Gasteiger charge is -2.36. The van der Waals surface area contributed by atoms with Gasteiger partial charge in [0.25, 0.3) is 0 Å². The summed E-state index contributed by atoms with van der Waals surface area (Å²) in [6, 6.07) is 4.79. The largest absolute Gasteiger partial charge is 0.314 e. The van der Waals surface area contributed by atoms with E-state index in [4.69, 9.17) is 0 Å². The van der Waals surface area contributed by atoms with Crippen LogP contribution in [0, 0.1) is 5.92 Å². The van der Waals surface area contributed by atoms with Crippen LogP contribution in [0.3, 0.4) is 0 Å². The first-order valence-corrected chi connectivity index (χ1v) is 6.62. The maximum absolute atomic E-state index is 4.27. The zero-order chi connectivity index (χ0) is 12.1. The van der Waals surface area contributed by atoms with E-state index in [2.05, 4.69) is 35.1 Å². The summed E-state index contributed by atoms with van der Waals surface area (Å²) in [5.41, 5.74) is 1.36. The molecule has 1 aromatic heterocycles. The van der Waals surface area contributed by atoms with Gasteiger partial charge < -0.3 is 5.32 Å². The molecule has 1 aromatic rings. The van der Waals surface area contributed by atoms with Crippen LogP contribution in [0.5, 0.6) is 0 Å². The summed E-state index contributed by atoms with van der Waals surface area (Å²) in [5.74, 6) is 0.718. The van der Waals surface area contributed by atoms with Gasteiger partial charge in [-0.3, -0.25) is 9.88 Å². The van der Waals surface area contributed by atoms with E-state index in [1.165, 1.54) is 12.0 Å². The molecule has 2 rings (SSSR count). The third-order valence-corrected chi connectivity index (χ3v) is 3.36. The van der Waals surface area contributed by atoms with Gasteiger partial charge in [-0.15, -0.1) is 0 Å². The molecular formula is C14H23N3. The highest BCUT2D eigenvalue weighted by atomic mass is 15.2. The van der Waals surface area contributed by atoms with Gasteiger partial charge in [0.1, 0.15) is 0 Å². The van der Waals surface area contributed by atoms with Crippen LogP contribution in [0.1, 0.15) is 31.9 Å². The van der Waals surface area contributed by atoms with E-state index in [0.29, 0.717) is 6.04 Å². The van der Waals surface area contributed by atoms with E-state index in [9.17, 15) is 0 Å². The molecule has 0 bridgehead atoms. The van der Waals surface area contributed by atoms with Gasteiger partial charge in [0.05, 0.1) is 0 Å². The van der Waals surface area contributed by atoms with Crippen LogP contribution >= 0.6 is 0 Å². The number of pyridine rings is 1. The van der Waals surface area contributed by atoms with Crippen LogP contribution in [0.15, 0.2) is 24.5 Å². The van der Waals surface area contributed by atoms with Crippen molar-refractivity contribution in [2.75, 3.05) is 26.2 Å². The summed E-state index contributed by atoms with van der Waals surface area (Å²) in [6.07, 6.45) is 5.09. The molecule has 0 aliphatic carbocycles. The molecule has 1 fully saturated rings. The fourth-order valence-electron chi connectivity index (χ4n) is 2.51. The summed E-state index contributed by atoms with van der Waals surface area (Å²) in [5, 5.41) is 3.42. The summed E-state index contributed by atoms with van der Waals surface area (Å²) in [6.45, 7) is 9.10. The molecule has 17 heavy (non-hydrogen) atoms. The van der Waals surface area contributed by atoms with E-state index >= 15 is 0 Å². The number of nitrogens with one attached hydrogen (secondary N) is 1. The Morgan fingerprint density at radius 2 is 2.12 bits per heavy atom. The Hall–Kier alpha value is -0.930. The molecule has 1 aliphatic heterocycles. The molecule has 0 unspecified atom stereocenters. The van der Waals surface area contributed by atoms with Crippen molar-refractivity contribution in [3.8, 4) is 0 Å². The standard InChI is InChI=1S/C14H23N3/c1-12(2)10-14(13-4-3-5-16-11-13)17-8-6-15-7-9-17/h3-5,11-12,14-15H,6-10H2,1-2H3/t14-/m0/s1. The maximum Gasteiger partial charge on any atom is 0.0366 e. The fraction of sp³-hybridized carbons (Fsp3) is 0.643. The molecule has 1 atom stereocenters. The average molecular weight is 233 g/mol. The van der Waals surface area contributed by atoms with Crippen molar-refractivity contribution >= 4 is 0 Å². The Morgan fingerprint density at radius 1 is 1.35 bits per heavy atom. The molecule has 3 heteroatoms. The number of piperazine rings is 1. The van der Waals surface area contributed by atoms with E-state index in [1.54, 1.807) is 0 Å². The fourth-order valence-corrected chi connectivity index (χ4v) is 2.51.